The lowest BCUT2D eigenvalue weighted by molar-refractivity contribution is -0.192. The molecule has 0 aromatic rings. The summed E-state index contributed by atoms with van der Waals surface area (Å²) in [6.45, 7) is -0.824. The molecule has 0 aromatic heterocycles. The molecule has 0 aliphatic heterocycles. The fourth-order valence-electron chi connectivity index (χ4n) is 9.24. The molecule has 0 fully saturated rings. The fraction of sp³-hybridized carbons (Fsp3) is 0.739. The smallest absolute Gasteiger partial charge is 0.339 e. The molecule has 0 aliphatic carbocycles. The summed E-state index contributed by atoms with van der Waals surface area (Å²) < 4.78 is 104. The van der Waals surface area contributed by atoms with E-state index in [2.05, 4.69) is 11.6 Å². The Morgan fingerprint density at radius 3 is 0.401 bits per heavy atom. The molecule has 0 heterocycles. The highest BCUT2D eigenvalue weighted by Gasteiger charge is 2.53. The molecule has 0 aliphatic rings. The third-order valence-corrected chi connectivity index (χ3v) is 20.9. The van der Waals surface area contributed by atoms with Crippen LogP contribution in [0.5, 0.6) is 0 Å². The lowest BCUT2D eigenvalue weighted by Gasteiger charge is -2.34. The molecule has 53 nitrogen and oxygen atoms in total. The van der Waals surface area contributed by atoms with Crippen molar-refractivity contribution >= 4 is 148 Å². The Kier molecular flexibility index (Phi) is 56.2. The van der Waals surface area contributed by atoms with Gasteiger partial charge >= 0.3 is 119 Å². The number of esters is 18. The van der Waals surface area contributed by atoms with E-state index in [0.29, 0.717) is 0 Å². The zero-order valence-corrected chi connectivity index (χ0v) is 84.5. The largest absolute Gasteiger partial charge is 0.479 e. The van der Waals surface area contributed by atoms with Crippen LogP contribution in [0.1, 0.15) is 159 Å². The Bertz CT molecular complexity index is 3860. The summed E-state index contributed by atoms with van der Waals surface area (Å²) in [5.41, 5.74) is -29.1. The van der Waals surface area contributed by atoms with E-state index in [9.17, 15) is 161 Å². The molecule has 0 amide bonds. The van der Waals surface area contributed by atoms with Crippen LogP contribution in [0.2, 0.25) is 0 Å². The van der Waals surface area contributed by atoms with Gasteiger partial charge in [0.05, 0.1) is 63.7 Å². The molecule has 2 unspecified atom stereocenters. The van der Waals surface area contributed by atoms with E-state index in [1.165, 1.54) is 34.6 Å². The van der Waals surface area contributed by atoms with E-state index in [4.69, 9.17) is 94.7 Å². The van der Waals surface area contributed by atoms with Gasteiger partial charge in [0.2, 0.25) is 5.24 Å². The third kappa shape index (κ3) is 44.4. The van der Waals surface area contributed by atoms with Crippen LogP contribution in [-0.2, 0) is 205 Å². The maximum Gasteiger partial charge on any atom is 0.339 e. The predicted molar refractivity (Wildman–Crippen MR) is 467 cm³/mol. The number of carbonyl (C=O) groups is 23. The lowest BCUT2D eigenvalue weighted by Crippen LogP contribution is -2.50. The summed E-state index contributed by atoms with van der Waals surface area (Å²) in [7, 11) is 0. The number of halogens is 1. The van der Waals surface area contributed by atoms with Crippen LogP contribution in [0.4, 0.5) is 0 Å². The van der Waals surface area contributed by atoms with Crippen molar-refractivity contribution in [1.82, 2.24) is 0 Å². The second-order valence-corrected chi connectivity index (χ2v) is 37.5. The maximum absolute atomic E-state index is 14.3. The van der Waals surface area contributed by atoms with Gasteiger partial charge in [0, 0.05) is 62.3 Å². The van der Waals surface area contributed by atoms with Crippen molar-refractivity contribution in [1.29, 1.82) is 0 Å². The van der Waals surface area contributed by atoms with Crippen LogP contribution in [0.3, 0.4) is 0 Å². The van der Waals surface area contributed by atoms with Crippen LogP contribution < -0.4 is 0 Å². The molecule has 0 saturated carbocycles. The average molecular weight is 2080 g/mol. The first kappa shape index (κ1) is 134. The quantitative estimate of drug-likeness (QED) is 0.0172. The summed E-state index contributed by atoms with van der Waals surface area (Å²) in [6.07, 6.45) is 0. The molecule has 54 heteroatoms. The van der Waals surface area contributed by atoms with Gasteiger partial charge in [-0.1, -0.05) is 0 Å². The number of carbonyl (C=O) groups excluding carboxylic acids is 21. The second-order valence-electron chi connectivity index (χ2n) is 37.0. The summed E-state index contributed by atoms with van der Waals surface area (Å²) in [5.74, 6) is -25.3. The van der Waals surface area contributed by atoms with Crippen molar-refractivity contribution in [3.63, 3.8) is 0 Å². The zero-order valence-electron chi connectivity index (χ0n) is 83.7. The van der Waals surface area contributed by atoms with Crippen LogP contribution in [0.15, 0.2) is 0 Å². The minimum absolute atomic E-state index is 0.361. The van der Waals surface area contributed by atoms with Crippen LogP contribution in [0, 0.1) is 65.0 Å². The van der Waals surface area contributed by atoms with Gasteiger partial charge in [-0.15, -0.1) is 0 Å². The molecule has 0 spiro atoms. The predicted octanol–water partition coefficient (Wildman–Crippen LogP) is -2.45. The molecule has 812 valence electrons. The van der Waals surface area contributed by atoms with Gasteiger partial charge in [-0.2, -0.15) is 0 Å². The van der Waals surface area contributed by atoms with E-state index < -0.39 is 392 Å². The number of hydrogen-bond acceptors (Lipinski definition) is 51. The fourth-order valence-corrected chi connectivity index (χ4v) is 9.24. The Morgan fingerprint density at radius 2 is 0.289 bits per heavy atom. The number of aliphatic carboxylic acids is 2. The van der Waals surface area contributed by atoms with Crippen LogP contribution in [-0.4, -0.2) is 383 Å². The van der Waals surface area contributed by atoms with E-state index in [1.54, 1.807) is 0 Å². The standard InChI is InChI=1S/C51H74O30.C35H58O22.C2H3ClO/c1-30(52)68-19-46(10,20-69-31(2)53)40(63)76-17-45(9,18-77-41(64)47(11,21-70-32(3)54)22-71-33(4)55)38(60)16-81-51(15,39(61)62)29-80-44(67)50(14,27-78-42(65)48(12,23-72-34(5)56)24-73-35(6)57)28-79-43(66)49(13,25-74-36(7)58)26-75-37(8)59;1-29(9-36,10-37)24(47)52-17-33(5,18-53-25(48)30(2,11-38)12-39)22(44)8-57-35(7,23(45)46)21-56-28(51)34(6,19-54-26(49)31(3,13-40)14-41)20-55-27(50)32(4,15-42)16-43;1-2(3)4/h16-29H2,1-15H3,(H,61,62);36-43H,8-21H2,1-7H3,(H,45,46);1H3. The van der Waals surface area contributed by atoms with Gasteiger partial charge in [-0.25, -0.2) is 9.59 Å². The van der Waals surface area contributed by atoms with Crippen molar-refractivity contribution in [2.24, 2.45) is 65.0 Å². The number of aliphatic hydroxyl groups excluding tert-OH is 8. The van der Waals surface area contributed by atoms with Gasteiger partial charge in [-0.05, 0) is 109 Å². The summed E-state index contributed by atoms with van der Waals surface area (Å²) in [5, 5.41) is 96.6. The Labute approximate surface area is 821 Å². The molecule has 0 bridgehead atoms. The van der Waals surface area contributed by atoms with Crippen LogP contribution in [0.25, 0.3) is 0 Å². The lowest BCUT2D eigenvalue weighted by atomic mass is 9.86. The highest BCUT2D eigenvalue weighted by atomic mass is 35.5. The number of carboxylic acid groups (broad SMARTS) is 2. The molecular weight excluding hydrogens is 1940 g/mol. The molecular formula is C88H135ClO53. The van der Waals surface area contributed by atoms with Gasteiger partial charge in [0.25, 0.3) is 0 Å². The summed E-state index contributed by atoms with van der Waals surface area (Å²) in [4.78, 5) is 289. The number of hydrogen-bond donors (Lipinski definition) is 10. The molecule has 142 heavy (non-hydrogen) atoms. The van der Waals surface area contributed by atoms with Crippen molar-refractivity contribution in [2.75, 3.05) is 185 Å². The molecule has 0 radical (unpaired) electrons. The van der Waals surface area contributed by atoms with Crippen molar-refractivity contribution in [2.45, 2.75) is 170 Å². The molecule has 2 atom stereocenters. The van der Waals surface area contributed by atoms with Gasteiger partial charge < -0.3 is 146 Å². The minimum Gasteiger partial charge on any atom is -0.479 e. The number of carboxylic acids is 2. The molecule has 0 saturated heterocycles. The number of ether oxygens (including phenoxy) is 20. The molecule has 0 rings (SSSR count). The van der Waals surface area contributed by atoms with E-state index in [-0.39, 0.29) is 5.24 Å². The average Bonchev–Trinajstić information content (AvgIpc) is 0.813. The van der Waals surface area contributed by atoms with Gasteiger partial charge in [0.1, 0.15) is 186 Å². The third-order valence-electron chi connectivity index (χ3n) is 20.9. The highest BCUT2D eigenvalue weighted by Crippen LogP contribution is 2.35. The maximum atomic E-state index is 14.3. The van der Waals surface area contributed by atoms with Gasteiger partial charge in [0.15, 0.2) is 22.8 Å². The Balaban J connectivity index is -0.00000277. The van der Waals surface area contributed by atoms with Crippen molar-refractivity contribution in [3.05, 3.63) is 0 Å². The highest BCUT2D eigenvalue weighted by molar-refractivity contribution is 6.62. The molecule has 10 N–H and O–H groups in total. The Hall–Kier alpha value is -11.7. The normalized spacial score (nSPS) is 12.9. The van der Waals surface area contributed by atoms with E-state index >= 15 is 0 Å². The first-order valence-corrected chi connectivity index (χ1v) is 43.0. The van der Waals surface area contributed by atoms with Crippen LogP contribution >= 0.6 is 11.6 Å². The monoisotopic (exact) mass is 2070 g/mol. The van der Waals surface area contributed by atoms with E-state index in [1.807, 2.05) is 0 Å². The number of aliphatic hydroxyl groups is 8. The first-order chi connectivity index (χ1) is 65.0. The van der Waals surface area contributed by atoms with E-state index in [0.717, 1.165) is 125 Å². The Morgan fingerprint density at radius 1 is 0.183 bits per heavy atom. The zero-order chi connectivity index (χ0) is 111. The first-order valence-electron chi connectivity index (χ1n) is 42.6. The summed E-state index contributed by atoms with van der Waals surface area (Å²) in [6, 6.07) is 0. The SMILES string of the molecule is CC(=O)Cl.CC(=O)OCC(C)(COC(C)=O)C(=O)OCC(C)(COC(=O)C(C)(COC(C)=O)COC(C)=O)C(=O)COC(C)(COC(=O)C(C)(COC(=O)C(C)(COC(C)=O)COC(C)=O)COC(=O)C(C)(COC(C)=O)COC(C)=O)C(=O)O.CC(COC(=O)C(C)(CO)CO)(COC(=O)C(C)(CO)CO)C(=O)COC(C)(COC(=O)C(C)(COC(=O)C(C)(CO)CO)COC(=O)C(C)(CO)CO)C(=O)O. The minimum atomic E-state index is -2.72. The van der Waals surface area contributed by atoms with Crippen molar-refractivity contribution < 1.29 is 256 Å². The van der Waals surface area contributed by atoms with Crippen molar-refractivity contribution in [3.8, 4) is 0 Å². The molecule has 0 aromatic carbocycles. The van der Waals surface area contributed by atoms with Gasteiger partial charge in [-0.3, -0.25) is 101 Å². The topological polar surface area (TPSA) is 780 Å². The number of ketones is 2. The summed E-state index contributed by atoms with van der Waals surface area (Å²) >= 11 is 4.64. The second kappa shape index (κ2) is 59.4. The number of Topliss-reactive ketones (excluding diaryl/α,β-unsaturated/α-hetero) is 2. The number of rotatable bonds is 64.